The van der Waals surface area contributed by atoms with Crippen LogP contribution in [0.3, 0.4) is 0 Å². The third-order valence-corrected chi connectivity index (χ3v) is 4.72. The molecule has 4 heteroatoms. The molecule has 0 aromatic heterocycles. The van der Waals surface area contributed by atoms with Gasteiger partial charge in [0.25, 0.3) is 0 Å². The number of hydrazine groups is 1. The van der Waals surface area contributed by atoms with Crippen LogP contribution in [0.2, 0.25) is 10.0 Å². The van der Waals surface area contributed by atoms with Gasteiger partial charge in [0.2, 0.25) is 0 Å². The molecule has 0 bridgehead atoms. The lowest BCUT2D eigenvalue weighted by Gasteiger charge is -2.41. The molecule has 0 spiro atoms. The van der Waals surface area contributed by atoms with E-state index in [1.54, 1.807) is 0 Å². The van der Waals surface area contributed by atoms with E-state index in [-0.39, 0.29) is 6.04 Å². The largest absolute Gasteiger partial charge is 0.247 e. The van der Waals surface area contributed by atoms with Gasteiger partial charge in [0, 0.05) is 18.1 Å². The van der Waals surface area contributed by atoms with Gasteiger partial charge in [0.15, 0.2) is 0 Å². The molecule has 1 N–H and O–H groups in total. The number of benzene rings is 1. The normalized spacial score (nSPS) is 26.4. The summed E-state index contributed by atoms with van der Waals surface area (Å²) in [5.41, 5.74) is 4.78. The first-order valence-corrected chi connectivity index (χ1v) is 7.74. The van der Waals surface area contributed by atoms with Crippen LogP contribution in [-0.4, -0.2) is 17.1 Å². The Morgan fingerprint density at radius 1 is 1.16 bits per heavy atom. The average Bonchev–Trinajstić information content (AvgIpc) is 2.37. The van der Waals surface area contributed by atoms with Crippen molar-refractivity contribution in [2.24, 2.45) is 0 Å². The molecule has 0 radical (unpaired) electrons. The van der Waals surface area contributed by atoms with Crippen LogP contribution in [0.25, 0.3) is 0 Å². The molecule has 3 atom stereocenters. The van der Waals surface area contributed by atoms with Crippen molar-refractivity contribution in [3.05, 3.63) is 33.8 Å². The molecule has 1 fully saturated rings. The molecule has 1 aromatic rings. The number of hydrogen-bond acceptors (Lipinski definition) is 2. The summed E-state index contributed by atoms with van der Waals surface area (Å²) < 4.78 is 0. The number of nitrogens with one attached hydrogen (secondary N) is 1. The Bertz CT molecular complexity index is 426. The van der Waals surface area contributed by atoms with Gasteiger partial charge in [-0.25, -0.2) is 10.4 Å². The van der Waals surface area contributed by atoms with Crippen LogP contribution in [0, 0.1) is 0 Å². The number of hydrogen-bond donors (Lipinski definition) is 1. The summed E-state index contributed by atoms with van der Waals surface area (Å²) in [6.45, 7) is 6.72. The Labute approximate surface area is 126 Å². The van der Waals surface area contributed by atoms with Crippen LogP contribution >= 0.6 is 23.2 Å². The molecule has 3 unspecified atom stereocenters. The molecule has 1 saturated heterocycles. The number of halogens is 2. The van der Waals surface area contributed by atoms with E-state index >= 15 is 0 Å². The third-order valence-electron chi connectivity index (χ3n) is 3.98. The number of rotatable bonds is 3. The third kappa shape index (κ3) is 3.63. The second-order valence-electron chi connectivity index (χ2n) is 5.56. The van der Waals surface area contributed by atoms with Crippen LogP contribution < -0.4 is 5.43 Å². The van der Waals surface area contributed by atoms with Crippen molar-refractivity contribution in [2.45, 2.75) is 58.2 Å². The van der Waals surface area contributed by atoms with E-state index < -0.39 is 0 Å². The SMILES string of the molecule is CC(NN1C(C)CCCC1C)c1ccc(Cl)c(Cl)c1. The zero-order valence-electron chi connectivity index (χ0n) is 11.8. The Morgan fingerprint density at radius 2 is 1.79 bits per heavy atom. The molecule has 0 amide bonds. The van der Waals surface area contributed by atoms with Crippen LogP contribution in [-0.2, 0) is 0 Å². The van der Waals surface area contributed by atoms with E-state index in [0.29, 0.717) is 22.1 Å². The summed E-state index contributed by atoms with van der Waals surface area (Å²) >= 11 is 12.0. The van der Waals surface area contributed by atoms with Crippen molar-refractivity contribution in [1.82, 2.24) is 10.4 Å². The quantitative estimate of drug-likeness (QED) is 0.861. The van der Waals surface area contributed by atoms with Gasteiger partial charge in [-0.05, 0) is 51.3 Å². The summed E-state index contributed by atoms with van der Waals surface area (Å²) in [5.74, 6) is 0. The summed E-state index contributed by atoms with van der Waals surface area (Å²) in [6.07, 6.45) is 3.83. The Morgan fingerprint density at radius 3 is 2.37 bits per heavy atom. The topological polar surface area (TPSA) is 15.3 Å². The first-order valence-electron chi connectivity index (χ1n) is 6.98. The summed E-state index contributed by atoms with van der Waals surface area (Å²) in [6, 6.07) is 7.23. The minimum Gasteiger partial charge on any atom is -0.247 e. The van der Waals surface area contributed by atoms with Gasteiger partial charge < -0.3 is 0 Å². The van der Waals surface area contributed by atoms with Gasteiger partial charge >= 0.3 is 0 Å². The molecule has 1 aliphatic rings. The molecule has 19 heavy (non-hydrogen) atoms. The van der Waals surface area contributed by atoms with Crippen molar-refractivity contribution >= 4 is 23.2 Å². The second kappa shape index (κ2) is 6.45. The number of piperidine rings is 1. The first kappa shape index (κ1) is 15.1. The predicted octanol–water partition coefficient (Wildman–Crippen LogP) is 4.82. The molecule has 1 aliphatic heterocycles. The Balaban J connectivity index is 2.07. The van der Waals surface area contributed by atoms with Crippen molar-refractivity contribution < 1.29 is 0 Å². The molecule has 1 heterocycles. The molecule has 1 aromatic carbocycles. The first-order chi connectivity index (χ1) is 8.99. The second-order valence-corrected chi connectivity index (χ2v) is 6.37. The van der Waals surface area contributed by atoms with E-state index in [1.807, 2.05) is 18.2 Å². The van der Waals surface area contributed by atoms with Gasteiger partial charge in [-0.15, -0.1) is 0 Å². The predicted molar refractivity (Wildman–Crippen MR) is 82.6 cm³/mol. The maximum atomic E-state index is 6.08. The fourth-order valence-corrected chi connectivity index (χ4v) is 3.06. The molecular formula is C15H22Cl2N2. The maximum Gasteiger partial charge on any atom is 0.0595 e. The van der Waals surface area contributed by atoms with E-state index in [0.717, 1.165) is 0 Å². The van der Waals surface area contributed by atoms with Crippen LogP contribution in [0.1, 0.15) is 51.6 Å². The van der Waals surface area contributed by atoms with Crippen molar-refractivity contribution in [1.29, 1.82) is 0 Å². The lowest BCUT2D eigenvalue weighted by atomic mass is 9.99. The fourth-order valence-electron chi connectivity index (χ4n) is 2.76. The maximum absolute atomic E-state index is 6.08. The van der Waals surface area contributed by atoms with Crippen LogP contribution in [0.4, 0.5) is 0 Å². The standard InChI is InChI=1S/C15H22Cl2N2/c1-10-5-4-6-11(2)19(10)18-12(3)13-7-8-14(16)15(17)9-13/h7-12,18H,4-6H2,1-3H3. The van der Waals surface area contributed by atoms with Crippen molar-refractivity contribution in [3.8, 4) is 0 Å². The van der Waals surface area contributed by atoms with Gasteiger partial charge in [0.1, 0.15) is 0 Å². The monoisotopic (exact) mass is 300 g/mol. The molecular weight excluding hydrogens is 279 g/mol. The number of nitrogens with zero attached hydrogens (tertiary/aromatic N) is 1. The van der Waals surface area contributed by atoms with Crippen LogP contribution in [0.15, 0.2) is 18.2 Å². The van der Waals surface area contributed by atoms with Crippen LogP contribution in [0.5, 0.6) is 0 Å². The summed E-state index contributed by atoms with van der Waals surface area (Å²) in [7, 11) is 0. The van der Waals surface area contributed by atoms with E-state index in [2.05, 4.69) is 31.2 Å². The van der Waals surface area contributed by atoms with E-state index in [4.69, 9.17) is 23.2 Å². The van der Waals surface area contributed by atoms with Gasteiger partial charge in [0.05, 0.1) is 10.0 Å². The highest BCUT2D eigenvalue weighted by molar-refractivity contribution is 6.42. The molecule has 106 valence electrons. The fraction of sp³-hybridized carbons (Fsp3) is 0.600. The van der Waals surface area contributed by atoms with Crippen molar-refractivity contribution in [3.63, 3.8) is 0 Å². The highest BCUT2D eigenvalue weighted by Crippen LogP contribution is 2.27. The summed E-state index contributed by atoms with van der Waals surface area (Å²) in [5, 5.41) is 3.61. The highest BCUT2D eigenvalue weighted by atomic mass is 35.5. The summed E-state index contributed by atoms with van der Waals surface area (Å²) in [4.78, 5) is 0. The smallest absolute Gasteiger partial charge is 0.0595 e. The average molecular weight is 301 g/mol. The van der Waals surface area contributed by atoms with Crippen molar-refractivity contribution in [2.75, 3.05) is 0 Å². The van der Waals surface area contributed by atoms with Gasteiger partial charge in [-0.3, -0.25) is 0 Å². The molecule has 2 nitrogen and oxygen atoms in total. The minimum atomic E-state index is 0.234. The zero-order chi connectivity index (χ0) is 14.0. The zero-order valence-corrected chi connectivity index (χ0v) is 13.3. The lowest BCUT2D eigenvalue weighted by Crippen LogP contribution is -2.52. The molecule has 0 saturated carbocycles. The Hall–Kier alpha value is -0.280. The van der Waals surface area contributed by atoms with Gasteiger partial charge in [-0.2, -0.15) is 0 Å². The highest BCUT2D eigenvalue weighted by Gasteiger charge is 2.26. The molecule has 0 aliphatic carbocycles. The van der Waals surface area contributed by atoms with E-state index in [9.17, 15) is 0 Å². The van der Waals surface area contributed by atoms with Gasteiger partial charge in [-0.1, -0.05) is 35.7 Å². The minimum absolute atomic E-state index is 0.234. The van der Waals surface area contributed by atoms with E-state index in [1.165, 1.54) is 24.8 Å². The molecule has 2 rings (SSSR count). The Kier molecular flexibility index (Phi) is 5.13. The lowest BCUT2D eigenvalue weighted by molar-refractivity contribution is 0.0320.